The first-order chi connectivity index (χ1) is 15.4. The van der Waals surface area contributed by atoms with Gasteiger partial charge in [0.05, 0.1) is 39.0 Å². The lowest BCUT2D eigenvalue weighted by atomic mass is 10.1. The third-order valence-electron chi connectivity index (χ3n) is 5.24. The minimum atomic E-state index is -0.610. The van der Waals surface area contributed by atoms with E-state index < -0.39 is 11.9 Å². The SMILES string of the molecule is COC(=O)c1cc(NC(=O)CN2CCN(c3ccc(OC)cc3)CC2)cc(C(=O)OC)c1. The summed E-state index contributed by atoms with van der Waals surface area (Å²) >= 11 is 0. The van der Waals surface area contributed by atoms with E-state index in [1.807, 2.05) is 24.3 Å². The van der Waals surface area contributed by atoms with E-state index >= 15 is 0 Å². The number of benzene rings is 2. The van der Waals surface area contributed by atoms with Crippen LogP contribution in [0, 0.1) is 0 Å². The molecule has 0 aliphatic carbocycles. The number of rotatable bonds is 7. The molecule has 9 nitrogen and oxygen atoms in total. The minimum absolute atomic E-state index is 0.152. The second kappa shape index (κ2) is 10.6. The van der Waals surface area contributed by atoms with Crippen LogP contribution >= 0.6 is 0 Å². The van der Waals surface area contributed by atoms with Crippen molar-refractivity contribution < 1.29 is 28.6 Å². The molecule has 1 saturated heterocycles. The first-order valence-corrected chi connectivity index (χ1v) is 10.2. The van der Waals surface area contributed by atoms with E-state index in [1.165, 1.54) is 32.4 Å². The van der Waals surface area contributed by atoms with Crippen LogP contribution in [0.4, 0.5) is 11.4 Å². The summed E-state index contributed by atoms with van der Waals surface area (Å²) in [5.74, 6) is -0.641. The van der Waals surface area contributed by atoms with Gasteiger partial charge in [-0.2, -0.15) is 0 Å². The molecule has 0 aromatic heterocycles. The van der Waals surface area contributed by atoms with Crippen LogP contribution in [0.2, 0.25) is 0 Å². The van der Waals surface area contributed by atoms with Crippen LogP contribution in [-0.2, 0) is 14.3 Å². The number of piperazine rings is 1. The van der Waals surface area contributed by atoms with Gasteiger partial charge in [0, 0.05) is 37.6 Å². The fraction of sp³-hybridized carbons (Fsp3) is 0.348. The predicted octanol–water partition coefficient (Wildman–Crippen LogP) is 2.03. The minimum Gasteiger partial charge on any atom is -0.497 e. The Morgan fingerprint density at radius 2 is 1.41 bits per heavy atom. The lowest BCUT2D eigenvalue weighted by Gasteiger charge is -2.35. The number of carbonyl (C=O) groups excluding carboxylic acids is 3. The van der Waals surface area contributed by atoms with Gasteiger partial charge in [0.2, 0.25) is 5.91 Å². The van der Waals surface area contributed by atoms with Gasteiger partial charge in [0.25, 0.3) is 0 Å². The van der Waals surface area contributed by atoms with Crippen LogP contribution in [0.15, 0.2) is 42.5 Å². The molecule has 9 heteroatoms. The van der Waals surface area contributed by atoms with Crippen molar-refractivity contribution in [2.24, 2.45) is 0 Å². The molecule has 0 bridgehead atoms. The van der Waals surface area contributed by atoms with Crippen molar-refractivity contribution in [2.45, 2.75) is 0 Å². The zero-order valence-corrected chi connectivity index (χ0v) is 18.4. The number of methoxy groups -OCH3 is 3. The van der Waals surface area contributed by atoms with Crippen molar-refractivity contribution >= 4 is 29.2 Å². The summed E-state index contributed by atoms with van der Waals surface area (Å²) in [5.41, 5.74) is 1.75. The first-order valence-electron chi connectivity index (χ1n) is 10.2. The third-order valence-corrected chi connectivity index (χ3v) is 5.24. The molecule has 1 heterocycles. The summed E-state index contributed by atoms with van der Waals surface area (Å²) in [6.07, 6.45) is 0. The number of anilines is 2. The Bertz CT molecular complexity index is 934. The van der Waals surface area contributed by atoms with E-state index in [-0.39, 0.29) is 23.6 Å². The average molecular weight is 441 g/mol. The Hall–Kier alpha value is -3.59. The molecule has 2 aromatic rings. The third kappa shape index (κ3) is 5.76. The number of amides is 1. The second-order valence-electron chi connectivity index (χ2n) is 7.29. The zero-order chi connectivity index (χ0) is 23.1. The Balaban J connectivity index is 1.58. The Labute approximate surface area is 186 Å². The van der Waals surface area contributed by atoms with E-state index in [2.05, 4.69) is 15.1 Å². The summed E-state index contributed by atoms with van der Waals surface area (Å²) < 4.78 is 14.6. The number of hydrogen-bond donors (Lipinski definition) is 1. The van der Waals surface area contributed by atoms with Crippen LogP contribution in [-0.4, -0.2) is 76.8 Å². The Morgan fingerprint density at radius 1 is 0.844 bits per heavy atom. The summed E-state index contributed by atoms with van der Waals surface area (Å²) in [4.78, 5) is 40.7. The smallest absolute Gasteiger partial charge is 0.337 e. The van der Waals surface area contributed by atoms with Crippen molar-refractivity contribution in [2.75, 3.05) is 64.3 Å². The fourth-order valence-electron chi connectivity index (χ4n) is 3.53. The van der Waals surface area contributed by atoms with Gasteiger partial charge in [-0.3, -0.25) is 9.69 Å². The van der Waals surface area contributed by atoms with Crippen molar-refractivity contribution in [1.29, 1.82) is 0 Å². The Kier molecular flexibility index (Phi) is 7.67. The molecule has 32 heavy (non-hydrogen) atoms. The number of hydrogen-bond acceptors (Lipinski definition) is 8. The summed E-state index contributed by atoms with van der Waals surface area (Å²) in [6, 6.07) is 12.2. The highest BCUT2D eigenvalue weighted by atomic mass is 16.5. The van der Waals surface area contributed by atoms with Crippen LogP contribution in [0.25, 0.3) is 0 Å². The van der Waals surface area contributed by atoms with Crippen molar-refractivity contribution in [3.8, 4) is 5.75 Å². The fourth-order valence-corrected chi connectivity index (χ4v) is 3.53. The highest BCUT2D eigenvalue weighted by molar-refractivity contribution is 5.99. The first kappa shape index (κ1) is 23.1. The van der Waals surface area contributed by atoms with Gasteiger partial charge in [-0.15, -0.1) is 0 Å². The molecule has 1 aliphatic rings. The molecule has 0 radical (unpaired) electrons. The number of esters is 2. The average Bonchev–Trinajstić information content (AvgIpc) is 2.83. The topological polar surface area (TPSA) is 97.4 Å². The van der Waals surface area contributed by atoms with Crippen LogP contribution in [0.5, 0.6) is 5.75 Å². The van der Waals surface area contributed by atoms with E-state index in [0.717, 1.165) is 37.6 Å². The van der Waals surface area contributed by atoms with Gasteiger partial charge in [-0.05, 0) is 42.5 Å². The van der Waals surface area contributed by atoms with E-state index in [1.54, 1.807) is 7.11 Å². The molecule has 1 aliphatic heterocycles. The number of carbonyl (C=O) groups is 3. The quantitative estimate of drug-likeness (QED) is 0.652. The molecule has 3 rings (SSSR count). The summed E-state index contributed by atoms with van der Waals surface area (Å²) in [7, 11) is 4.13. The molecule has 170 valence electrons. The molecule has 2 aromatic carbocycles. The number of nitrogens with one attached hydrogen (secondary N) is 1. The molecule has 1 fully saturated rings. The van der Waals surface area contributed by atoms with Gasteiger partial charge in [-0.1, -0.05) is 0 Å². The molecule has 0 unspecified atom stereocenters. The van der Waals surface area contributed by atoms with Gasteiger partial charge >= 0.3 is 11.9 Å². The molecule has 1 N–H and O–H groups in total. The highest BCUT2D eigenvalue weighted by Crippen LogP contribution is 2.21. The molecule has 1 amide bonds. The lowest BCUT2D eigenvalue weighted by Crippen LogP contribution is -2.48. The summed E-state index contributed by atoms with van der Waals surface area (Å²) in [5, 5.41) is 2.76. The van der Waals surface area contributed by atoms with Crippen molar-refractivity contribution in [1.82, 2.24) is 4.90 Å². The molecular weight excluding hydrogens is 414 g/mol. The maximum atomic E-state index is 12.6. The Morgan fingerprint density at radius 3 is 1.91 bits per heavy atom. The number of nitrogens with zero attached hydrogens (tertiary/aromatic N) is 2. The van der Waals surface area contributed by atoms with Crippen LogP contribution in [0.1, 0.15) is 20.7 Å². The van der Waals surface area contributed by atoms with Gasteiger partial charge in [-0.25, -0.2) is 9.59 Å². The van der Waals surface area contributed by atoms with E-state index in [9.17, 15) is 14.4 Å². The normalized spacial score (nSPS) is 13.9. The van der Waals surface area contributed by atoms with Gasteiger partial charge in [0.15, 0.2) is 0 Å². The second-order valence-corrected chi connectivity index (χ2v) is 7.29. The molecule has 0 spiro atoms. The van der Waals surface area contributed by atoms with Crippen molar-refractivity contribution in [3.63, 3.8) is 0 Å². The molecular formula is C23H27N3O6. The zero-order valence-electron chi connectivity index (χ0n) is 18.4. The maximum Gasteiger partial charge on any atom is 0.337 e. The van der Waals surface area contributed by atoms with Gasteiger partial charge in [0.1, 0.15) is 5.75 Å². The largest absolute Gasteiger partial charge is 0.497 e. The monoisotopic (exact) mass is 441 g/mol. The van der Waals surface area contributed by atoms with Crippen molar-refractivity contribution in [3.05, 3.63) is 53.6 Å². The predicted molar refractivity (Wildman–Crippen MR) is 119 cm³/mol. The number of ether oxygens (including phenoxy) is 3. The van der Waals surface area contributed by atoms with Crippen LogP contribution in [0.3, 0.4) is 0 Å². The standard InChI is InChI=1S/C23H27N3O6/c1-30-20-6-4-19(5-7-20)26-10-8-25(9-11-26)15-21(27)24-18-13-16(22(28)31-2)12-17(14-18)23(29)32-3/h4-7,12-14H,8-11,15H2,1-3H3,(H,24,27). The molecule has 0 atom stereocenters. The van der Waals surface area contributed by atoms with E-state index in [4.69, 9.17) is 14.2 Å². The van der Waals surface area contributed by atoms with Crippen LogP contribution < -0.4 is 15.0 Å². The van der Waals surface area contributed by atoms with Gasteiger partial charge < -0.3 is 24.4 Å². The van der Waals surface area contributed by atoms with E-state index in [0.29, 0.717) is 5.69 Å². The lowest BCUT2D eigenvalue weighted by molar-refractivity contribution is -0.117. The maximum absolute atomic E-state index is 12.6. The summed E-state index contributed by atoms with van der Waals surface area (Å²) in [6.45, 7) is 3.25. The molecule has 0 saturated carbocycles. The highest BCUT2D eigenvalue weighted by Gasteiger charge is 2.20.